The highest BCUT2D eigenvalue weighted by Crippen LogP contribution is 2.39. The highest BCUT2D eigenvalue weighted by molar-refractivity contribution is 7.46. The number of nitrogens with one attached hydrogen (secondary N) is 1. The lowest BCUT2D eigenvalue weighted by molar-refractivity contribution is -0.0620. The Bertz CT molecular complexity index is 695. The first kappa shape index (κ1) is 18.0. The first-order valence-corrected chi connectivity index (χ1v) is 8.02. The van der Waals surface area contributed by atoms with Crippen LogP contribution in [0.4, 0.5) is 0 Å². The number of rotatable bonds is 6. The van der Waals surface area contributed by atoms with Crippen LogP contribution in [0, 0.1) is 0 Å². The quantitative estimate of drug-likeness (QED) is 0.524. The van der Waals surface area contributed by atoms with Crippen molar-refractivity contribution in [3.8, 4) is 0 Å². The molecule has 0 aliphatic carbocycles. The zero-order chi connectivity index (χ0) is 17.2. The number of aromatic amines is 1. The zero-order valence-electron chi connectivity index (χ0n) is 12.3. The summed E-state index contributed by atoms with van der Waals surface area (Å²) in [6, 6.07) is 1.14. The molecule has 0 bridgehead atoms. The van der Waals surface area contributed by atoms with E-state index in [4.69, 9.17) is 24.0 Å². The summed E-state index contributed by atoms with van der Waals surface area (Å²) in [6.07, 6.45) is -2.11. The van der Waals surface area contributed by atoms with E-state index in [1.165, 1.54) is 20.4 Å². The van der Waals surface area contributed by atoms with Crippen LogP contribution in [0.3, 0.4) is 0 Å². The Kier molecular flexibility index (Phi) is 5.53. The lowest BCUT2D eigenvalue weighted by Crippen LogP contribution is -2.39. The van der Waals surface area contributed by atoms with Crippen LogP contribution >= 0.6 is 7.82 Å². The van der Waals surface area contributed by atoms with Gasteiger partial charge in [-0.05, 0) is 0 Å². The van der Waals surface area contributed by atoms with Crippen molar-refractivity contribution in [2.24, 2.45) is 0 Å². The highest BCUT2D eigenvalue weighted by Gasteiger charge is 2.47. The molecule has 0 saturated carbocycles. The molecule has 1 aliphatic heterocycles. The van der Waals surface area contributed by atoms with Crippen molar-refractivity contribution in [3.05, 3.63) is 33.1 Å². The van der Waals surface area contributed by atoms with Crippen LogP contribution in [0.5, 0.6) is 0 Å². The molecular weight excluding hydrogens is 335 g/mol. The third-order valence-corrected chi connectivity index (χ3v) is 3.85. The Morgan fingerprint density at radius 1 is 1.30 bits per heavy atom. The summed E-state index contributed by atoms with van der Waals surface area (Å²) in [5, 5.41) is 0. The maximum absolute atomic E-state index is 11.9. The van der Waals surface area contributed by atoms with Gasteiger partial charge in [0.15, 0.2) is 6.23 Å². The van der Waals surface area contributed by atoms with E-state index in [1.807, 2.05) is 0 Å². The van der Waals surface area contributed by atoms with E-state index >= 15 is 0 Å². The van der Waals surface area contributed by atoms with E-state index in [0.717, 1.165) is 10.6 Å². The van der Waals surface area contributed by atoms with Gasteiger partial charge < -0.3 is 24.0 Å². The second-order valence-corrected chi connectivity index (χ2v) is 6.01. The monoisotopic (exact) mass is 352 g/mol. The molecule has 2 heterocycles. The molecule has 0 radical (unpaired) electrons. The first-order chi connectivity index (χ1) is 10.8. The third kappa shape index (κ3) is 4.15. The van der Waals surface area contributed by atoms with E-state index in [0.29, 0.717) is 0 Å². The molecule has 23 heavy (non-hydrogen) atoms. The van der Waals surface area contributed by atoms with Crippen molar-refractivity contribution >= 4 is 7.82 Å². The maximum Gasteiger partial charge on any atom is 0.469 e. The number of phosphoric acid groups is 1. The van der Waals surface area contributed by atoms with Gasteiger partial charge in [0.2, 0.25) is 0 Å². The molecule has 1 aliphatic rings. The summed E-state index contributed by atoms with van der Waals surface area (Å²) < 4.78 is 32.5. The third-order valence-electron chi connectivity index (χ3n) is 3.36. The van der Waals surface area contributed by atoms with Crippen molar-refractivity contribution in [3.63, 3.8) is 0 Å². The van der Waals surface area contributed by atoms with Crippen LogP contribution in [0.1, 0.15) is 6.23 Å². The fraction of sp³-hybridized carbons (Fsp3) is 0.636. The van der Waals surface area contributed by atoms with Gasteiger partial charge in [0, 0.05) is 26.5 Å². The van der Waals surface area contributed by atoms with Crippen molar-refractivity contribution < 1.29 is 33.1 Å². The van der Waals surface area contributed by atoms with Gasteiger partial charge in [-0.25, -0.2) is 9.36 Å². The summed E-state index contributed by atoms with van der Waals surface area (Å²) in [4.78, 5) is 42.7. The van der Waals surface area contributed by atoms with Crippen LogP contribution in [0.2, 0.25) is 0 Å². The summed E-state index contributed by atoms with van der Waals surface area (Å²) in [5.74, 6) is 0. The fourth-order valence-corrected chi connectivity index (χ4v) is 2.74. The lowest BCUT2D eigenvalue weighted by Gasteiger charge is -2.22. The van der Waals surface area contributed by atoms with Crippen LogP contribution in [0.25, 0.3) is 0 Å². The second-order valence-electron chi connectivity index (χ2n) is 4.77. The number of aromatic nitrogens is 2. The van der Waals surface area contributed by atoms with E-state index in [-0.39, 0.29) is 0 Å². The molecule has 1 aromatic heterocycles. The van der Waals surface area contributed by atoms with Gasteiger partial charge in [-0.2, -0.15) is 0 Å². The van der Waals surface area contributed by atoms with Gasteiger partial charge >= 0.3 is 13.5 Å². The molecule has 1 aromatic rings. The highest BCUT2D eigenvalue weighted by atomic mass is 31.2. The number of hydrogen-bond acceptors (Lipinski definition) is 7. The number of ether oxygens (including phenoxy) is 3. The van der Waals surface area contributed by atoms with Crippen LogP contribution < -0.4 is 11.2 Å². The number of nitrogens with zero attached hydrogens (tertiary/aromatic N) is 1. The SMILES string of the molecule is COC1[C@@H](COP(=O)(O)O)O[C@@H](n2ccc(=O)[nH]c2=O)[C@H]1OC. The molecule has 12 heteroatoms. The average molecular weight is 352 g/mol. The summed E-state index contributed by atoms with van der Waals surface area (Å²) in [5.41, 5.74) is -1.28. The van der Waals surface area contributed by atoms with Crippen LogP contribution in [-0.2, 0) is 23.3 Å². The Hall–Kier alpha value is -1.33. The predicted octanol–water partition coefficient (Wildman–Crippen LogP) is -1.43. The summed E-state index contributed by atoms with van der Waals surface area (Å²) in [7, 11) is -1.95. The van der Waals surface area contributed by atoms with E-state index in [1.54, 1.807) is 0 Å². The predicted molar refractivity (Wildman–Crippen MR) is 74.8 cm³/mol. The molecule has 3 N–H and O–H groups in total. The maximum atomic E-state index is 11.9. The van der Waals surface area contributed by atoms with E-state index < -0.39 is 50.2 Å². The van der Waals surface area contributed by atoms with Crippen molar-refractivity contribution in [2.75, 3.05) is 20.8 Å². The lowest BCUT2D eigenvalue weighted by atomic mass is 10.1. The number of H-pyrrole nitrogens is 1. The smallest absolute Gasteiger partial charge is 0.376 e. The van der Waals surface area contributed by atoms with E-state index in [2.05, 4.69) is 9.51 Å². The van der Waals surface area contributed by atoms with Gasteiger partial charge in [-0.15, -0.1) is 0 Å². The Morgan fingerprint density at radius 3 is 2.48 bits per heavy atom. The Labute approximate surface area is 130 Å². The molecule has 4 atom stereocenters. The van der Waals surface area contributed by atoms with Crippen molar-refractivity contribution in [2.45, 2.75) is 24.5 Å². The normalized spacial score (nSPS) is 28.2. The van der Waals surface area contributed by atoms with Crippen molar-refractivity contribution in [1.82, 2.24) is 9.55 Å². The molecular formula is C11H17N2O9P. The average Bonchev–Trinajstić information content (AvgIpc) is 2.81. The van der Waals surface area contributed by atoms with E-state index in [9.17, 15) is 14.2 Å². The number of methoxy groups -OCH3 is 2. The Balaban J connectivity index is 2.28. The molecule has 0 amide bonds. The summed E-state index contributed by atoms with van der Waals surface area (Å²) in [6.45, 7) is -0.461. The van der Waals surface area contributed by atoms with Gasteiger partial charge in [0.1, 0.15) is 18.3 Å². The summed E-state index contributed by atoms with van der Waals surface area (Å²) >= 11 is 0. The van der Waals surface area contributed by atoms with Gasteiger partial charge in [-0.1, -0.05) is 0 Å². The minimum Gasteiger partial charge on any atom is -0.376 e. The van der Waals surface area contributed by atoms with Crippen LogP contribution in [0.15, 0.2) is 21.9 Å². The van der Waals surface area contributed by atoms with Crippen LogP contribution in [-0.4, -0.2) is 58.5 Å². The molecule has 2 rings (SSSR count). The van der Waals surface area contributed by atoms with Crippen molar-refractivity contribution in [1.29, 1.82) is 0 Å². The largest absolute Gasteiger partial charge is 0.469 e. The second kappa shape index (κ2) is 7.05. The molecule has 1 saturated heterocycles. The molecule has 0 aromatic carbocycles. The zero-order valence-corrected chi connectivity index (χ0v) is 13.2. The molecule has 130 valence electrons. The molecule has 1 fully saturated rings. The number of hydrogen-bond donors (Lipinski definition) is 3. The first-order valence-electron chi connectivity index (χ1n) is 6.49. The minimum atomic E-state index is -4.68. The van der Waals surface area contributed by atoms with Gasteiger partial charge in [-0.3, -0.25) is 18.9 Å². The Morgan fingerprint density at radius 2 is 1.96 bits per heavy atom. The topological polar surface area (TPSA) is 149 Å². The minimum absolute atomic E-state index is 0.461. The van der Waals surface area contributed by atoms with Gasteiger partial charge in [0.05, 0.1) is 6.61 Å². The number of phosphoric ester groups is 1. The molecule has 11 nitrogen and oxygen atoms in total. The molecule has 0 spiro atoms. The fourth-order valence-electron chi connectivity index (χ4n) is 2.40. The van der Waals surface area contributed by atoms with Gasteiger partial charge in [0.25, 0.3) is 5.56 Å². The molecule has 1 unspecified atom stereocenters. The standard InChI is InChI=1S/C11H17N2O9P/c1-19-8-6(5-21-23(16,17)18)22-10(9(8)20-2)13-4-3-7(14)12-11(13)15/h3-4,6,8-10H,5H2,1-2H3,(H,12,14,15)(H2,16,17,18)/t6-,8?,9+,10-/m1/s1.